The Bertz CT molecular complexity index is 1160. The molecule has 8 heteroatoms. The maximum Gasteiger partial charge on any atom is 0.240 e. The number of carbonyl (C=O) groups excluding carboxylic acids is 2. The molecule has 2 aliphatic rings. The standard InChI is InChI=1S/C23H27N3O4S/c1-4-23(28)25-10-9-18-12-17(5-7-21(18)25)14-24-31(29,30)20-6-8-22-19(13-20)11-15(2)26(22)16(3)27/h5-8,12-13,15,24H,4,9-11,14H2,1-3H3/t15-/m0/s1. The summed E-state index contributed by atoms with van der Waals surface area (Å²) in [5.41, 5.74) is 4.48. The van der Waals surface area contributed by atoms with Crippen LogP contribution in [0.15, 0.2) is 41.3 Å². The molecule has 4 rings (SSSR count). The molecule has 0 spiro atoms. The van der Waals surface area contributed by atoms with E-state index in [-0.39, 0.29) is 29.3 Å². The van der Waals surface area contributed by atoms with E-state index in [0.717, 1.165) is 34.5 Å². The number of rotatable bonds is 5. The van der Waals surface area contributed by atoms with Gasteiger partial charge in [0.15, 0.2) is 0 Å². The summed E-state index contributed by atoms with van der Waals surface area (Å²) in [5, 5.41) is 0. The summed E-state index contributed by atoms with van der Waals surface area (Å²) in [6.45, 7) is 6.16. The lowest BCUT2D eigenvalue weighted by Crippen LogP contribution is -2.33. The first-order chi connectivity index (χ1) is 14.7. The highest BCUT2D eigenvalue weighted by atomic mass is 32.2. The van der Waals surface area contributed by atoms with Gasteiger partial charge < -0.3 is 9.80 Å². The van der Waals surface area contributed by atoms with Gasteiger partial charge in [-0.15, -0.1) is 0 Å². The Balaban J connectivity index is 1.49. The van der Waals surface area contributed by atoms with Crippen LogP contribution in [-0.2, 0) is 39.0 Å². The van der Waals surface area contributed by atoms with Crippen molar-refractivity contribution in [2.24, 2.45) is 0 Å². The van der Waals surface area contributed by atoms with Crippen LogP contribution >= 0.6 is 0 Å². The van der Waals surface area contributed by atoms with Crippen molar-refractivity contribution in [3.63, 3.8) is 0 Å². The zero-order valence-electron chi connectivity index (χ0n) is 18.0. The fourth-order valence-electron chi connectivity index (χ4n) is 4.53. The van der Waals surface area contributed by atoms with Gasteiger partial charge in [0.25, 0.3) is 0 Å². The second-order valence-electron chi connectivity index (χ2n) is 8.17. The van der Waals surface area contributed by atoms with Gasteiger partial charge in [0.1, 0.15) is 0 Å². The van der Waals surface area contributed by atoms with Crippen molar-refractivity contribution in [2.45, 2.75) is 57.5 Å². The first-order valence-electron chi connectivity index (χ1n) is 10.6. The van der Waals surface area contributed by atoms with Crippen molar-refractivity contribution in [1.29, 1.82) is 0 Å². The van der Waals surface area contributed by atoms with Crippen LogP contribution in [0.25, 0.3) is 0 Å². The average molecular weight is 442 g/mol. The second kappa shape index (κ2) is 8.09. The van der Waals surface area contributed by atoms with Gasteiger partial charge in [-0.3, -0.25) is 9.59 Å². The number of carbonyl (C=O) groups is 2. The van der Waals surface area contributed by atoms with E-state index in [1.165, 1.54) is 6.92 Å². The monoisotopic (exact) mass is 441 g/mol. The van der Waals surface area contributed by atoms with Crippen LogP contribution < -0.4 is 14.5 Å². The predicted octanol–water partition coefficient (Wildman–Crippen LogP) is 2.76. The van der Waals surface area contributed by atoms with E-state index in [1.54, 1.807) is 28.0 Å². The number of sulfonamides is 1. The maximum absolute atomic E-state index is 12.9. The molecule has 1 atom stereocenters. The highest BCUT2D eigenvalue weighted by molar-refractivity contribution is 7.89. The first-order valence-corrected chi connectivity index (χ1v) is 12.0. The lowest BCUT2D eigenvalue weighted by molar-refractivity contribution is -0.118. The van der Waals surface area contributed by atoms with Crippen LogP contribution in [-0.4, -0.2) is 32.8 Å². The summed E-state index contributed by atoms with van der Waals surface area (Å²) in [4.78, 5) is 27.6. The number of anilines is 2. The van der Waals surface area contributed by atoms with E-state index in [2.05, 4.69) is 4.72 Å². The number of nitrogens with zero attached hydrogens (tertiary/aromatic N) is 2. The largest absolute Gasteiger partial charge is 0.312 e. The summed E-state index contributed by atoms with van der Waals surface area (Å²) in [6, 6.07) is 10.7. The van der Waals surface area contributed by atoms with Crippen LogP contribution in [0.5, 0.6) is 0 Å². The fraction of sp³-hybridized carbons (Fsp3) is 0.391. The van der Waals surface area contributed by atoms with Crippen molar-refractivity contribution in [1.82, 2.24) is 4.72 Å². The molecule has 31 heavy (non-hydrogen) atoms. The minimum Gasteiger partial charge on any atom is -0.312 e. The predicted molar refractivity (Wildman–Crippen MR) is 120 cm³/mol. The number of nitrogens with one attached hydrogen (secondary N) is 1. The van der Waals surface area contributed by atoms with Gasteiger partial charge in [-0.05, 0) is 60.7 Å². The Kier molecular flexibility index (Phi) is 5.61. The number of fused-ring (bicyclic) bond motifs is 2. The van der Waals surface area contributed by atoms with Crippen molar-refractivity contribution in [3.05, 3.63) is 53.1 Å². The van der Waals surface area contributed by atoms with Crippen molar-refractivity contribution < 1.29 is 18.0 Å². The van der Waals surface area contributed by atoms with Gasteiger partial charge in [0.2, 0.25) is 21.8 Å². The van der Waals surface area contributed by atoms with E-state index >= 15 is 0 Å². The average Bonchev–Trinajstić information content (AvgIpc) is 3.30. The van der Waals surface area contributed by atoms with Crippen LogP contribution in [0.3, 0.4) is 0 Å². The van der Waals surface area contributed by atoms with Gasteiger partial charge in [0, 0.05) is 43.9 Å². The maximum atomic E-state index is 12.9. The molecule has 2 heterocycles. The van der Waals surface area contributed by atoms with E-state index < -0.39 is 10.0 Å². The summed E-state index contributed by atoms with van der Waals surface area (Å²) < 4.78 is 28.4. The van der Waals surface area contributed by atoms with Gasteiger partial charge in [-0.25, -0.2) is 13.1 Å². The van der Waals surface area contributed by atoms with Gasteiger partial charge in [0.05, 0.1) is 4.90 Å². The van der Waals surface area contributed by atoms with Crippen LogP contribution in [0.4, 0.5) is 11.4 Å². The SMILES string of the molecule is CCC(=O)N1CCc2cc(CNS(=O)(=O)c3ccc4c(c3)C[C@H](C)N4C(C)=O)ccc21. The molecule has 2 aromatic rings. The summed E-state index contributed by atoms with van der Waals surface area (Å²) in [7, 11) is -3.70. The molecule has 0 bridgehead atoms. The smallest absolute Gasteiger partial charge is 0.240 e. The summed E-state index contributed by atoms with van der Waals surface area (Å²) >= 11 is 0. The third kappa shape index (κ3) is 3.97. The molecular weight excluding hydrogens is 414 g/mol. The summed E-state index contributed by atoms with van der Waals surface area (Å²) in [6.07, 6.45) is 1.87. The van der Waals surface area contributed by atoms with Gasteiger partial charge >= 0.3 is 0 Å². The molecule has 1 N–H and O–H groups in total. The molecule has 2 amide bonds. The minimum atomic E-state index is -3.70. The zero-order chi connectivity index (χ0) is 22.3. The lowest BCUT2D eigenvalue weighted by Gasteiger charge is -2.20. The quantitative estimate of drug-likeness (QED) is 0.773. The van der Waals surface area contributed by atoms with Crippen molar-refractivity contribution in [2.75, 3.05) is 16.3 Å². The molecule has 2 aliphatic heterocycles. The molecule has 0 aromatic heterocycles. The lowest BCUT2D eigenvalue weighted by atomic mass is 10.1. The normalized spacial score (nSPS) is 17.6. The Morgan fingerprint density at radius 1 is 1.10 bits per heavy atom. The molecule has 0 fully saturated rings. The highest BCUT2D eigenvalue weighted by Gasteiger charge is 2.30. The molecule has 164 valence electrons. The van der Waals surface area contributed by atoms with Crippen molar-refractivity contribution >= 4 is 33.2 Å². The third-order valence-corrected chi connectivity index (χ3v) is 7.42. The molecule has 7 nitrogen and oxygen atoms in total. The minimum absolute atomic E-state index is 0.0176. The zero-order valence-corrected chi connectivity index (χ0v) is 18.8. The molecule has 0 saturated heterocycles. The van der Waals surface area contributed by atoms with Gasteiger partial charge in [-0.2, -0.15) is 0 Å². The van der Waals surface area contributed by atoms with E-state index in [0.29, 0.717) is 19.4 Å². The fourth-order valence-corrected chi connectivity index (χ4v) is 5.60. The third-order valence-electron chi connectivity index (χ3n) is 6.03. The number of benzene rings is 2. The Labute approximate surface area is 183 Å². The van der Waals surface area contributed by atoms with Crippen molar-refractivity contribution in [3.8, 4) is 0 Å². The molecule has 0 aliphatic carbocycles. The Hall–Kier alpha value is -2.71. The van der Waals surface area contributed by atoms with E-state index in [4.69, 9.17) is 0 Å². The first kappa shape index (κ1) is 21.5. The van der Waals surface area contributed by atoms with E-state index in [1.807, 2.05) is 32.0 Å². The number of amides is 2. The molecule has 0 radical (unpaired) electrons. The molecule has 0 unspecified atom stereocenters. The second-order valence-corrected chi connectivity index (χ2v) is 9.94. The highest BCUT2D eigenvalue weighted by Crippen LogP contribution is 2.34. The van der Waals surface area contributed by atoms with Crippen LogP contribution in [0, 0.1) is 0 Å². The molecule has 0 saturated carbocycles. The number of hydrogen-bond donors (Lipinski definition) is 1. The molecular formula is C23H27N3O4S. The van der Waals surface area contributed by atoms with Gasteiger partial charge in [-0.1, -0.05) is 19.1 Å². The Morgan fingerprint density at radius 2 is 1.84 bits per heavy atom. The van der Waals surface area contributed by atoms with Crippen LogP contribution in [0.2, 0.25) is 0 Å². The summed E-state index contributed by atoms with van der Waals surface area (Å²) in [5.74, 6) is 0.0530. The number of hydrogen-bond acceptors (Lipinski definition) is 4. The Morgan fingerprint density at radius 3 is 2.55 bits per heavy atom. The topological polar surface area (TPSA) is 86.8 Å². The molecule has 2 aromatic carbocycles. The van der Waals surface area contributed by atoms with Crippen LogP contribution in [0.1, 0.15) is 43.9 Å². The van der Waals surface area contributed by atoms with E-state index in [9.17, 15) is 18.0 Å².